The summed E-state index contributed by atoms with van der Waals surface area (Å²) in [5.41, 5.74) is 2.03. The molecule has 0 bridgehead atoms. The lowest BCUT2D eigenvalue weighted by Crippen LogP contribution is -2.53. The number of carbonyl (C=O) groups is 1. The molecule has 1 amide bonds. The second kappa shape index (κ2) is 9.68. The molecule has 1 aliphatic rings. The van der Waals surface area contributed by atoms with Gasteiger partial charge in [0.15, 0.2) is 5.96 Å². The third kappa shape index (κ3) is 5.42. The van der Waals surface area contributed by atoms with E-state index in [1.54, 1.807) is 12.4 Å². The molecule has 8 heteroatoms. The molecular weight excluding hydrogens is 354 g/mol. The van der Waals surface area contributed by atoms with Gasteiger partial charge in [0.05, 0.1) is 0 Å². The lowest BCUT2D eigenvalue weighted by Gasteiger charge is -2.36. The number of benzene rings is 1. The third-order valence-electron chi connectivity index (χ3n) is 4.60. The maximum Gasteiger partial charge on any atom is 0.225 e. The topological polar surface area (TPSA) is 85.8 Å². The van der Waals surface area contributed by atoms with Crippen molar-refractivity contribution in [3.63, 3.8) is 0 Å². The van der Waals surface area contributed by atoms with Crippen molar-refractivity contribution < 1.29 is 4.79 Å². The molecule has 0 atom stereocenters. The van der Waals surface area contributed by atoms with Gasteiger partial charge in [0.2, 0.25) is 11.9 Å². The molecule has 0 aliphatic carbocycles. The van der Waals surface area contributed by atoms with Crippen LogP contribution in [0.2, 0.25) is 0 Å². The average molecular weight is 381 g/mol. The molecule has 2 heterocycles. The molecule has 2 N–H and O–H groups in total. The molecule has 0 unspecified atom stereocenters. The van der Waals surface area contributed by atoms with Crippen molar-refractivity contribution in [2.45, 2.75) is 13.3 Å². The summed E-state index contributed by atoms with van der Waals surface area (Å²) < 4.78 is 0. The van der Waals surface area contributed by atoms with Crippen LogP contribution in [0.15, 0.2) is 47.7 Å². The fraction of sp³-hybridized carbons (Fsp3) is 0.400. The first-order chi connectivity index (χ1) is 13.7. The predicted molar refractivity (Wildman–Crippen MR) is 112 cm³/mol. The zero-order valence-corrected chi connectivity index (χ0v) is 16.4. The normalized spacial score (nSPS) is 14.7. The Hall–Kier alpha value is -3.16. The first-order valence-electron chi connectivity index (χ1n) is 9.50. The smallest absolute Gasteiger partial charge is 0.225 e. The molecule has 3 rings (SSSR count). The minimum Gasteiger partial charge on any atom is -0.356 e. The number of aliphatic imine (C=N–C) groups is 1. The van der Waals surface area contributed by atoms with Crippen LogP contribution in [0, 0.1) is 0 Å². The lowest BCUT2D eigenvalue weighted by atomic mass is 10.1. The zero-order chi connectivity index (χ0) is 19.8. The third-order valence-corrected chi connectivity index (χ3v) is 4.60. The van der Waals surface area contributed by atoms with E-state index in [-0.39, 0.29) is 5.91 Å². The van der Waals surface area contributed by atoms with Gasteiger partial charge in [-0.1, -0.05) is 12.1 Å². The van der Waals surface area contributed by atoms with Crippen LogP contribution in [0.5, 0.6) is 0 Å². The maximum atomic E-state index is 11.1. The fourth-order valence-corrected chi connectivity index (χ4v) is 3.18. The van der Waals surface area contributed by atoms with E-state index in [2.05, 4.69) is 35.4 Å². The monoisotopic (exact) mass is 381 g/mol. The van der Waals surface area contributed by atoms with Gasteiger partial charge < -0.3 is 20.4 Å². The zero-order valence-electron chi connectivity index (χ0n) is 16.4. The highest BCUT2D eigenvalue weighted by Crippen LogP contribution is 2.11. The Bertz CT molecular complexity index is 784. The number of piperazine rings is 1. The van der Waals surface area contributed by atoms with Crippen molar-refractivity contribution in [1.82, 2.24) is 20.2 Å². The van der Waals surface area contributed by atoms with Gasteiger partial charge in [-0.15, -0.1) is 0 Å². The number of guanidine groups is 1. The number of hydrogen-bond acceptors (Lipinski definition) is 5. The SMILES string of the molecule is CN=C(NCCc1ccc(NC(C)=O)cc1)N1CCN(c2ncccn2)CC1. The molecule has 28 heavy (non-hydrogen) atoms. The van der Waals surface area contributed by atoms with E-state index >= 15 is 0 Å². The quantitative estimate of drug-likeness (QED) is 0.601. The predicted octanol–water partition coefficient (Wildman–Crippen LogP) is 1.38. The Kier molecular flexibility index (Phi) is 6.78. The summed E-state index contributed by atoms with van der Waals surface area (Å²) in [5.74, 6) is 1.65. The standard InChI is InChI=1S/C20H27N7O/c1-16(28)25-18-6-4-17(5-7-18)8-11-24-19(21-2)26-12-14-27(15-13-26)20-22-9-3-10-23-20/h3-7,9-10H,8,11-15H2,1-2H3,(H,21,24)(H,25,28). The molecule has 2 aromatic rings. The number of nitrogens with one attached hydrogen (secondary N) is 2. The van der Waals surface area contributed by atoms with Crippen molar-refractivity contribution in [2.24, 2.45) is 4.99 Å². The summed E-state index contributed by atoms with van der Waals surface area (Å²) in [4.78, 5) is 28.6. The van der Waals surface area contributed by atoms with E-state index in [9.17, 15) is 4.79 Å². The van der Waals surface area contributed by atoms with E-state index in [1.807, 2.05) is 37.4 Å². The van der Waals surface area contributed by atoms with Crippen molar-refractivity contribution in [3.05, 3.63) is 48.3 Å². The second-order valence-corrected chi connectivity index (χ2v) is 6.62. The summed E-state index contributed by atoms with van der Waals surface area (Å²) >= 11 is 0. The van der Waals surface area contributed by atoms with Gasteiger partial charge in [-0.3, -0.25) is 9.79 Å². The Balaban J connectivity index is 1.44. The molecule has 1 saturated heterocycles. The first kappa shape index (κ1) is 19.6. The molecule has 0 saturated carbocycles. The molecule has 1 aromatic carbocycles. The van der Waals surface area contributed by atoms with Gasteiger partial charge in [-0.25, -0.2) is 9.97 Å². The summed E-state index contributed by atoms with van der Waals surface area (Å²) in [5, 5.41) is 6.23. The van der Waals surface area contributed by atoms with Crippen LogP contribution in [-0.2, 0) is 11.2 Å². The maximum absolute atomic E-state index is 11.1. The van der Waals surface area contributed by atoms with Crippen LogP contribution in [0.1, 0.15) is 12.5 Å². The number of rotatable bonds is 5. The van der Waals surface area contributed by atoms with E-state index in [0.29, 0.717) is 0 Å². The van der Waals surface area contributed by atoms with Gasteiger partial charge in [0, 0.05) is 64.8 Å². The summed E-state index contributed by atoms with van der Waals surface area (Å²) in [7, 11) is 1.82. The minimum absolute atomic E-state index is 0.0582. The van der Waals surface area contributed by atoms with Crippen LogP contribution in [0.25, 0.3) is 0 Å². The summed E-state index contributed by atoms with van der Waals surface area (Å²) in [6.07, 6.45) is 4.44. The highest BCUT2D eigenvalue weighted by Gasteiger charge is 2.20. The summed E-state index contributed by atoms with van der Waals surface area (Å²) in [6, 6.07) is 9.76. The van der Waals surface area contributed by atoms with Crippen molar-refractivity contribution in [2.75, 3.05) is 50.0 Å². The largest absolute Gasteiger partial charge is 0.356 e. The first-order valence-corrected chi connectivity index (χ1v) is 9.50. The van der Waals surface area contributed by atoms with Crippen molar-refractivity contribution in [3.8, 4) is 0 Å². The number of hydrogen-bond donors (Lipinski definition) is 2. The van der Waals surface area contributed by atoms with Crippen LogP contribution >= 0.6 is 0 Å². The number of carbonyl (C=O) groups excluding carboxylic acids is 1. The van der Waals surface area contributed by atoms with Crippen LogP contribution in [0.4, 0.5) is 11.6 Å². The molecule has 148 valence electrons. The molecule has 1 aliphatic heterocycles. The molecule has 1 fully saturated rings. The fourth-order valence-electron chi connectivity index (χ4n) is 3.18. The van der Waals surface area contributed by atoms with Gasteiger partial charge in [0.25, 0.3) is 0 Å². The van der Waals surface area contributed by atoms with E-state index < -0.39 is 0 Å². The number of nitrogens with zero attached hydrogens (tertiary/aromatic N) is 5. The highest BCUT2D eigenvalue weighted by molar-refractivity contribution is 5.88. The number of amides is 1. The summed E-state index contributed by atoms with van der Waals surface area (Å²) in [6.45, 7) is 5.81. The van der Waals surface area contributed by atoms with E-state index in [1.165, 1.54) is 12.5 Å². The Labute approximate surface area is 165 Å². The van der Waals surface area contributed by atoms with Gasteiger partial charge in [0.1, 0.15) is 0 Å². The second-order valence-electron chi connectivity index (χ2n) is 6.62. The molecular formula is C20H27N7O. The average Bonchev–Trinajstić information content (AvgIpc) is 2.73. The van der Waals surface area contributed by atoms with Gasteiger partial charge in [-0.05, 0) is 30.2 Å². The Morgan fingerprint density at radius 1 is 1.11 bits per heavy atom. The van der Waals surface area contributed by atoms with Crippen LogP contribution < -0.4 is 15.5 Å². The highest BCUT2D eigenvalue weighted by atomic mass is 16.1. The van der Waals surface area contributed by atoms with E-state index in [4.69, 9.17) is 0 Å². The van der Waals surface area contributed by atoms with Crippen molar-refractivity contribution >= 4 is 23.5 Å². The molecule has 0 radical (unpaired) electrons. The number of anilines is 2. The lowest BCUT2D eigenvalue weighted by molar-refractivity contribution is -0.114. The molecule has 1 aromatic heterocycles. The Morgan fingerprint density at radius 3 is 2.39 bits per heavy atom. The molecule has 8 nitrogen and oxygen atoms in total. The van der Waals surface area contributed by atoms with E-state index in [0.717, 1.165) is 56.7 Å². The van der Waals surface area contributed by atoms with Gasteiger partial charge >= 0.3 is 0 Å². The minimum atomic E-state index is -0.0582. The van der Waals surface area contributed by atoms with Crippen molar-refractivity contribution in [1.29, 1.82) is 0 Å². The number of aromatic nitrogens is 2. The van der Waals surface area contributed by atoms with Crippen LogP contribution in [0.3, 0.4) is 0 Å². The molecule has 0 spiro atoms. The Morgan fingerprint density at radius 2 is 1.79 bits per heavy atom. The van der Waals surface area contributed by atoms with Gasteiger partial charge in [-0.2, -0.15) is 0 Å². The van der Waals surface area contributed by atoms with Crippen LogP contribution in [-0.4, -0.2) is 66.5 Å².